The van der Waals surface area contributed by atoms with Crippen molar-refractivity contribution in [2.45, 2.75) is 29.7 Å². The van der Waals surface area contributed by atoms with Crippen LogP contribution in [-0.4, -0.2) is 15.6 Å². The molecule has 0 spiro atoms. The topological polar surface area (TPSA) is 42.2 Å². The van der Waals surface area contributed by atoms with E-state index < -0.39 is 5.97 Å². The second-order valence-electron chi connectivity index (χ2n) is 8.84. The Morgan fingerprint density at radius 2 is 1.49 bits per heavy atom. The third kappa shape index (κ3) is 5.37. The summed E-state index contributed by atoms with van der Waals surface area (Å²) in [4.78, 5) is 14.2. The van der Waals surface area contributed by atoms with E-state index in [1.54, 1.807) is 17.8 Å². The summed E-state index contributed by atoms with van der Waals surface area (Å²) >= 11 is 1.71. The Morgan fingerprint density at radius 3 is 2.19 bits per heavy atom. The normalized spacial score (nSPS) is 11.0. The average Bonchev–Trinajstić information content (AvgIpc) is 3.17. The number of carboxylic acids is 1. The number of aromatic nitrogens is 1. The van der Waals surface area contributed by atoms with Gasteiger partial charge < -0.3 is 9.67 Å². The zero-order valence-electron chi connectivity index (χ0n) is 20.4. The molecule has 1 aromatic heterocycles. The molecule has 184 valence electrons. The summed E-state index contributed by atoms with van der Waals surface area (Å²) in [5.41, 5.74) is 6.32. The maximum absolute atomic E-state index is 14.4. The number of hydrogen-bond acceptors (Lipinski definition) is 2. The van der Waals surface area contributed by atoms with Crippen molar-refractivity contribution in [1.29, 1.82) is 0 Å². The van der Waals surface area contributed by atoms with Crippen molar-refractivity contribution in [1.82, 2.24) is 4.57 Å². The molecule has 1 N–H and O–H groups in total. The van der Waals surface area contributed by atoms with E-state index in [9.17, 15) is 14.3 Å². The Labute approximate surface area is 220 Å². The zero-order valence-corrected chi connectivity index (χ0v) is 21.2. The summed E-state index contributed by atoms with van der Waals surface area (Å²) in [6.45, 7) is 1.75. The highest BCUT2D eigenvalue weighted by atomic mass is 32.2. The molecule has 0 unspecified atom stereocenters. The first-order valence-corrected chi connectivity index (χ1v) is 12.9. The molecular formula is C32H26FNO2S. The van der Waals surface area contributed by atoms with E-state index in [1.807, 2.05) is 78.2 Å². The molecule has 5 rings (SSSR count). The summed E-state index contributed by atoms with van der Waals surface area (Å²) in [5.74, 6) is -1.30. The van der Waals surface area contributed by atoms with E-state index in [-0.39, 0.29) is 12.4 Å². The van der Waals surface area contributed by atoms with Gasteiger partial charge in [-0.2, -0.15) is 0 Å². The van der Waals surface area contributed by atoms with E-state index >= 15 is 0 Å². The molecule has 1 heterocycles. The monoisotopic (exact) mass is 507 g/mol. The van der Waals surface area contributed by atoms with Gasteiger partial charge in [0.1, 0.15) is 12.4 Å². The van der Waals surface area contributed by atoms with Gasteiger partial charge in [0.2, 0.25) is 0 Å². The van der Waals surface area contributed by atoms with E-state index in [1.165, 1.54) is 12.1 Å². The number of carboxylic acid groups (broad SMARTS) is 1. The van der Waals surface area contributed by atoms with Gasteiger partial charge in [0.05, 0.1) is 5.69 Å². The Hall–Kier alpha value is -4.09. The SMILES string of the molecule is Cc1c(Cc2ccccc2Sc2ccccc2)c(-c2ccccc2)c(-c2cccc(F)c2)n1CC(=O)O. The minimum absolute atomic E-state index is 0.210. The Balaban J connectivity index is 1.71. The fourth-order valence-corrected chi connectivity index (χ4v) is 5.71. The largest absolute Gasteiger partial charge is 0.480 e. The van der Waals surface area contributed by atoms with Crippen LogP contribution in [0.5, 0.6) is 0 Å². The van der Waals surface area contributed by atoms with Crippen LogP contribution in [0.25, 0.3) is 22.4 Å². The molecule has 5 heteroatoms. The number of nitrogens with zero attached hydrogens (tertiary/aromatic N) is 1. The van der Waals surface area contributed by atoms with Crippen molar-refractivity contribution < 1.29 is 14.3 Å². The van der Waals surface area contributed by atoms with Crippen LogP contribution in [0.4, 0.5) is 4.39 Å². The lowest BCUT2D eigenvalue weighted by Crippen LogP contribution is -2.11. The lowest BCUT2D eigenvalue weighted by Gasteiger charge is -2.13. The van der Waals surface area contributed by atoms with Crippen molar-refractivity contribution in [3.05, 3.63) is 132 Å². The van der Waals surface area contributed by atoms with Crippen LogP contribution in [0.1, 0.15) is 16.8 Å². The molecule has 0 aliphatic heterocycles. The van der Waals surface area contributed by atoms with Crippen molar-refractivity contribution in [3.63, 3.8) is 0 Å². The van der Waals surface area contributed by atoms with E-state index in [2.05, 4.69) is 24.3 Å². The molecule has 37 heavy (non-hydrogen) atoms. The second-order valence-corrected chi connectivity index (χ2v) is 9.96. The molecule has 0 saturated carbocycles. The molecule has 0 fully saturated rings. The van der Waals surface area contributed by atoms with Crippen LogP contribution in [0.2, 0.25) is 0 Å². The number of rotatable bonds is 8. The molecular weight excluding hydrogens is 481 g/mol. The highest BCUT2D eigenvalue weighted by Crippen LogP contribution is 2.42. The predicted molar refractivity (Wildman–Crippen MR) is 147 cm³/mol. The molecule has 5 aromatic rings. The van der Waals surface area contributed by atoms with Gasteiger partial charge in [-0.15, -0.1) is 0 Å². The van der Waals surface area contributed by atoms with E-state index in [0.717, 1.165) is 37.7 Å². The summed E-state index contributed by atoms with van der Waals surface area (Å²) in [6, 6.07) is 34.9. The standard InChI is InChI=1S/C32H26FNO2S/c1-22-28(20-24-13-8-9-18-29(24)37-27-16-6-3-7-17-27)31(23-11-4-2-5-12-23)32(34(22)21-30(35)36)25-14-10-15-26(33)19-25/h2-19H,20-21H2,1H3,(H,35,36). The molecule has 0 radical (unpaired) electrons. The summed E-state index contributed by atoms with van der Waals surface area (Å²) < 4.78 is 16.2. The highest BCUT2D eigenvalue weighted by Gasteiger charge is 2.25. The highest BCUT2D eigenvalue weighted by molar-refractivity contribution is 7.99. The van der Waals surface area contributed by atoms with Gasteiger partial charge in [-0.25, -0.2) is 4.39 Å². The van der Waals surface area contributed by atoms with Crippen LogP contribution in [-0.2, 0) is 17.8 Å². The first-order valence-electron chi connectivity index (χ1n) is 12.1. The number of benzene rings is 4. The van der Waals surface area contributed by atoms with Gasteiger partial charge >= 0.3 is 5.97 Å². The average molecular weight is 508 g/mol. The third-order valence-electron chi connectivity index (χ3n) is 6.41. The Bertz CT molecular complexity index is 1540. The fraction of sp³-hybridized carbons (Fsp3) is 0.0938. The lowest BCUT2D eigenvalue weighted by molar-refractivity contribution is -0.137. The predicted octanol–water partition coefficient (Wildman–Crippen LogP) is 8.10. The molecule has 0 amide bonds. The van der Waals surface area contributed by atoms with Crippen LogP contribution in [0.3, 0.4) is 0 Å². The molecule has 3 nitrogen and oxygen atoms in total. The Morgan fingerprint density at radius 1 is 0.838 bits per heavy atom. The number of hydrogen-bond donors (Lipinski definition) is 1. The first kappa shape index (κ1) is 24.6. The van der Waals surface area contributed by atoms with Gasteiger partial charge in [0, 0.05) is 33.0 Å². The van der Waals surface area contributed by atoms with Crippen molar-refractivity contribution in [2.24, 2.45) is 0 Å². The van der Waals surface area contributed by atoms with Gasteiger partial charge in [0.15, 0.2) is 0 Å². The number of carbonyl (C=O) groups is 1. The summed E-state index contributed by atoms with van der Waals surface area (Å²) in [6.07, 6.45) is 0.612. The second kappa shape index (κ2) is 10.9. The summed E-state index contributed by atoms with van der Waals surface area (Å²) in [5, 5.41) is 9.79. The quantitative estimate of drug-likeness (QED) is 0.231. The van der Waals surface area contributed by atoms with Crippen LogP contribution in [0, 0.1) is 12.7 Å². The number of aliphatic carboxylic acids is 1. The zero-order chi connectivity index (χ0) is 25.8. The molecule has 0 bridgehead atoms. The smallest absolute Gasteiger partial charge is 0.323 e. The van der Waals surface area contributed by atoms with Gasteiger partial charge in [-0.05, 0) is 53.9 Å². The van der Waals surface area contributed by atoms with Crippen molar-refractivity contribution >= 4 is 17.7 Å². The molecule has 4 aromatic carbocycles. The van der Waals surface area contributed by atoms with Crippen molar-refractivity contribution in [3.8, 4) is 22.4 Å². The Kier molecular flexibility index (Phi) is 7.24. The van der Waals surface area contributed by atoms with Crippen LogP contribution >= 0.6 is 11.8 Å². The minimum atomic E-state index is -0.943. The number of halogens is 1. The molecule has 0 saturated heterocycles. The molecule has 0 atom stereocenters. The van der Waals surface area contributed by atoms with E-state index in [4.69, 9.17) is 0 Å². The van der Waals surface area contributed by atoms with Gasteiger partial charge in [-0.3, -0.25) is 4.79 Å². The summed E-state index contributed by atoms with van der Waals surface area (Å²) in [7, 11) is 0. The lowest BCUT2D eigenvalue weighted by atomic mass is 9.93. The fourth-order valence-electron chi connectivity index (χ4n) is 4.75. The van der Waals surface area contributed by atoms with Gasteiger partial charge in [-0.1, -0.05) is 90.6 Å². The van der Waals surface area contributed by atoms with Gasteiger partial charge in [0.25, 0.3) is 0 Å². The minimum Gasteiger partial charge on any atom is -0.480 e. The maximum Gasteiger partial charge on any atom is 0.323 e. The molecule has 0 aliphatic carbocycles. The maximum atomic E-state index is 14.4. The third-order valence-corrected chi connectivity index (χ3v) is 7.54. The van der Waals surface area contributed by atoms with Crippen LogP contribution in [0.15, 0.2) is 119 Å². The van der Waals surface area contributed by atoms with Crippen LogP contribution < -0.4 is 0 Å². The van der Waals surface area contributed by atoms with E-state index in [0.29, 0.717) is 17.7 Å². The molecule has 0 aliphatic rings. The first-order chi connectivity index (χ1) is 18.0. The van der Waals surface area contributed by atoms with Crippen molar-refractivity contribution in [2.75, 3.05) is 0 Å².